The molecule has 1 nitrogen and oxygen atoms in total. The van der Waals surface area contributed by atoms with Crippen LogP contribution in [0.2, 0.25) is 8.67 Å². The first kappa shape index (κ1) is 12.7. The number of hydrogen-bond donors (Lipinski definition) is 1. The highest BCUT2D eigenvalue weighted by atomic mass is 35.5. The average Bonchev–Trinajstić information content (AvgIpc) is 2.45. The van der Waals surface area contributed by atoms with Gasteiger partial charge in [-0.15, -0.1) is 11.3 Å². The molecule has 1 unspecified atom stereocenters. The maximum absolute atomic E-state index is 6.04. The molecule has 14 heavy (non-hydrogen) atoms. The lowest BCUT2D eigenvalue weighted by Gasteiger charge is -2.12. The van der Waals surface area contributed by atoms with Gasteiger partial charge >= 0.3 is 0 Å². The molecule has 0 fully saturated rings. The highest BCUT2D eigenvalue weighted by Crippen LogP contribution is 2.34. The highest BCUT2D eigenvalue weighted by Gasteiger charge is 2.12. The second kappa shape index (κ2) is 6.23. The van der Waals surface area contributed by atoms with Crippen LogP contribution in [-0.2, 0) is 0 Å². The van der Waals surface area contributed by atoms with Crippen molar-refractivity contribution in [2.24, 2.45) is 0 Å². The van der Waals surface area contributed by atoms with Crippen molar-refractivity contribution in [2.75, 3.05) is 18.6 Å². The quantitative estimate of drug-likeness (QED) is 0.809. The van der Waals surface area contributed by atoms with E-state index in [9.17, 15) is 0 Å². The summed E-state index contributed by atoms with van der Waals surface area (Å²) in [4.78, 5) is 0. The molecule has 0 bridgehead atoms. The minimum atomic E-state index is 0.276. The number of hydrogen-bond acceptors (Lipinski definition) is 3. The van der Waals surface area contributed by atoms with E-state index < -0.39 is 0 Å². The molecular weight excluding hydrogens is 257 g/mol. The monoisotopic (exact) mass is 269 g/mol. The molecule has 1 atom stereocenters. The standard InChI is InChI=1S/C9H13Cl2NS2/c1-6(12-3-4-13-2)7-5-8(10)14-9(7)11/h5-6,12H,3-4H2,1-2H3. The summed E-state index contributed by atoms with van der Waals surface area (Å²) in [5.74, 6) is 1.11. The van der Waals surface area contributed by atoms with Gasteiger partial charge in [0.1, 0.15) is 0 Å². The molecule has 0 radical (unpaired) electrons. The first-order valence-electron chi connectivity index (χ1n) is 4.32. The van der Waals surface area contributed by atoms with E-state index in [4.69, 9.17) is 23.2 Å². The maximum atomic E-state index is 6.04. The van der Waals surface area contributed by atoms with Gasteiger partial charge in [-0.25, -0.2) is 0 Å². The van der Waals surface area contributed by atoms with Crippen molar-refractivity contribution >= 4 is 46.3 Å². The van der Waals surface area contributed by atoms with Gasteiger partial charge in [-0.1, -0.05) is 23.2 Å². The summed E-state index contributed by atoms with van der Waals surface area (Å²) in [6.07, 6.45) is 2.10. The molecule has 0 aliphatic rings. The van der Waals surface area contributed by atoms with Gasteiger partial charge in [0.25, 0.3) is 0 Å². The zero-order valence-corrected chi connectivity index (χ0v) is 11.3. The Bertz CT molecular complexity index is 288. The van der Waals surface area contributed by atoms with Crippen molar-refractivity contribution in [1.82, 2.24) is 5.32 Å². The molecule has 80 valence electrons. The first-order chi connectivity index (χ1) is 6.65. The van der Waals surface area contributed by atoms with Gasteiger partial charge in [0.2, 0.25) is 0 Å². The summed E-state index contributed by atoms with van der Waals surface area (Å²) in [5.41, 5.74) is 1.10. The van der Waals surface area contributed by atoms with Crippen molar-refractivity contribution in [3.05, 3.63) is 20.3 Å². The average molecular weight is 270 g/mol. The molecule has 1 rings (SSSR count). The third-order valence-corrected chi connectivity index (χ3v) is 4.04. The zero-order chi connectivity index (χ0) is 10.6. The van der Waals surface area contributed by atoms with Crippen LogP contribution in [0.3, 0.4) is 0 Å². The Kier molecular flexibility index (Phi) is 5.64. The summed E-state index contributed by atoms with van der Waals surface area (Å²) < 4.78 is 1.54. The maximum Gasteiger partial charge on any atom is 0.0991 e. The number of thiophene rings is 1. The Hall–Kier alpha value is 0.590. The minimum absolute atomic E-state index is 0.276. The fourth-order valence-electron chi connectivity index (χ4n) is 1.14. The molecule has 1 aromatic rings. The molecule has 1 N–H and O–H groups in total. The fraction of sp³-hybridized carbons (Fsp3) is 0.556. The second-order valence-electron chi connectivity index (χ2n) is 2.95. The molecule has 0 aromatic carbocycles. The van der Waals surface area contributed by atoms with E-state index in [2.05, 4.69) is 18.5 Å². The number of halogens is 2. The normalized spacial score (nSPS) is 13.1. The van der Waals surface area contributed by atoms with Crippen LogP contribution >= 0.6 is 46.3 Å². The molecule has 0 aliphatic carbocycles. The van der Waals surface area contributed by atoms with E-state index in [-0.39, 0.29) is 6.04 Å². The Morgan fingerprint density at radius 1 is 1.57 bits per heavy atom. The van der Waals surface area contributed by atoms with E-state index in [1.165, 1.54) is 11.3 Å². The van der Waals surface area contributed by atoms with Crippen LogP contribution in [0.4, 0.5) is 0 Å². The van der Waals surface area contributed by atoms with E-state index in [1.807, 2.05) is 17.8 Å². The molecule has 1 heterocycles. The van der Waals surface area contributed by atoms with Crippen LogP contribution < -0.4 is 5.32 Å². The van der Waals surface area contributed by atoms with Gasteiger partial charge in [0.15, 0.2) is 0 Å². The predicted octanol–water partition coefficient (Wildman–Crippen LogP) is 4.07. The summed E-state index contributed by atoms with van der Waals surface area (Å²) in [7, 11) is 0. The van der Waals surface area contributed by atoms with Crippen molar-refractivity contribution < 1.29 is 0 Å². The lowest BCUT2D eigenvalue weighted by Crippen LogP contribution is -2.21. The third-order valence-electron chi connectivity index (χ3n) is 1.91. The van der Waals surface area contributed by atoms with Crippen LogP contribution in [0.5, 0.6) is 0 Å². The molecule has 0 saturated carbocycles. The van der Waals surface area contributed by atoms with Crippen LogP contribution in [-0.4, -0.2) is 18.6 Å². The van der Waals surface area contributed by atoms with E-state index in [0.717, 1.165) is 26.5 Å². The minimum Gasteiger partial charge on any atom is -0.309 e. The Labute approximate surface area is 103 Å². The Morgan fingerprint density at radius 3 is 2.79 bits per heavy atom. The Balaban J connectivity index is 2.51. The second-order valence-corrected chi connectivity index (χ2v) is 6.22. The van der Waals surface area contributed by atoms with E-state index >= 15 is 0 Å². The molecule has 0 saturated heterocycles. The molecule has 1 aromatic heterocycles. The Morgan fingerprint density at radius 2 is 2.29 bits per heavy atom. The van der Waals surface area contributed by atoms with E-state index in [0.29, 0.717) is 0 Å². The van der Waals surface area contributed by atoms with Crippen molar-refractivity contribution in [2.45, 2.75) is 13.0 Å². The molecule has 0 spiro atoms. The van der Waals surface area contributed by atoms with Gasteiger partial charge in [0.05, 0.1) is 8.67 Å². The lowest BCUT2D eigenvalue weighted by molar-refractivity contribution is 0.603. The van der Waals surface area contributed by atoms with Gasteiger partial charge < -0.3 is 5.32 Å². The van der Waals surface area contributed by atoms with Gasteiger partial charge in [-0.2, -0.15) is 11.8 Å². The summed E-state index contributed by atoms with van der Waals surface area (Å²) in [6, 6.07) is 2.21. The summed E-state index contributed by atoms with van der Waals surface area (Å²) >= 11 is 15.2. The topological polar surface area (TPSA) is 12.0 Å². The van der Waals surface area contributed by atoms with Crippen molar-refractivity contribution in [3.8, 4) is 0 Å². The first-order valence-corrected chi connectivity index (χ1v) is 7.29. The fourth-order valence-corrected chi connectivity index (χ4v) is 3.10. The van der Waals surface area contributed by atoms with Crippen LogP contribution in [0.1, 0.15) is 18.5 Å². The molecule has 5 heteroatoms. The number of nitrogens with one attached hydrogen (secondary N) is 1. The predicted molar refractivity (Wildman–Crippen MR) is 69.1 cm³/mol. The summed E-state index contributed by atoms with van der Waals surface area (Å²) in [5, 5.41) is 3.40. The van der Waals surface area contributed by atoms with Gasteiger partial charge in [0, 0.05) is 18.3 Å². The molecule has 0 aliphatic heterocycles. The number of rotatable bonds is 5. The largest absolute Gasteiger partial charge is 0.309 e. The third kappa shape index (κ3) is 3.63. The highest BCUT2D eigenvalue weighted by molar-refractivity contribution is 7.98. The van der Waals surface area contributed by atoms with Gasteiger partial charge in [-0.3, -0.25) is 0 Å². The van der Waals surface area contributed by atoms with Crippen molar-refractivity contribution in [3.63, 3.8) is 0 Å². The van der Waals surface area contributed by atoms with Crippen LogP contribution in [0.25, 0.3) is 0 Å². The molecular formula is C9H13Cl2NS2. The van der Waals surface area contributed by atoms with Crippen LogP contribution in [0.15, 0.2) is 6.07 Å². The SMILES string of the molecule is CSCCNC(C)c1cc(Cl)sc1Cl. The lowest BCUT2D eigenvalue weighted by atomic mass is 10.2. The van der Waals surface area contributed by atoms with Crippen molar-refractivity contribution in [1.29, 1.82) is 0 Å². The van der Waals surface area contributed by atoms with E-state index in [1.54, 1.807) is 0 Å². The smallest absolute Gasteiger partial charge is 0.0991 e. The molecule has 0 amide bonds. The van der Waals surface area contributed by atoms with Gasteiger partial charge in [-0.05, 0) is 24.8 Å². The summed E-state index contributed by atoms with van der Waals surface area (Å²) in [6.45, 7) is 3.09. The van der Waals surface area contributed by atoms with Crippen LogP contribution in [0, 0.1) is 0 Å². The zero-order valence-electron chi connectivity index (χ0n) is 8.14. The number of thioether (sulfide) groups is 1.